The molecule has 1 aliphatic rings. The van der Waals surface area contributed by atoms with Gasteiger partial charge in [-0.05, 0) is 48.8 Å². The van der Waals surface area contributed by atoms with E-state index in [-0.39, 0.29) is 11.8 Å². The minimum atomic E-state index is -0.0440. The van der Waals surface area contributed by atoms with Crippen molar-refractivity contribution in [3.05, 3.63) is 24.3 Å². The number of thiocarbonyl (C=S) groups is 1. The van der Waals surface area contributed by atoms with E-state index in [1.54, 1.807) is 0 Å². The molecule has 2 rings (SSSR count). The zero-order valence-corrected chi connectivity index (χ0v) is 18.7. The standard InChI is InChI=1S/C22H34N4O2S/c1-4-5-6-7-20(27)24-22(29)23-18-8-10-19(11-9-18)25-12-14-26(15-13-25)21(28)16-17(2)3/h8-11,17H,4-7,12-16H2,1-3H3,(H2,23,24,27,29). The molecule has 6 nitrogen and oxygen atoms in total. The predicted octanol–water partition coefficient (Wildman–Crippen LogP) is 3.77. The Labute approximate surface area is 180 Å². The molecule has 0 radical (unpaired) electrons. The molecule has 1 aliphatic heterocycles. The fourth-order valence-electron chi connectivity index (χ4n) is 3.34. The van der Waals surface area contributed by atoms with Crippen LogP contribution in [0.1, 0.15) is 52.9 Å². The van der Waals surface area contributed by atoms with Gasteiger partial charge in [0.1, 0.15) is 0 Å². The van der Waals surface area contributed by atoms with E-state index in [4.69, 9.17) is 12.2 Å². The lowest BCUT2D eigenvalue weighted by atomic mass is 10.1. The van der Waals surface area contributed by atoms with Gasteiger partial charge in [-0.1, -0.05) is 33.6 Å². The summed E-state index contributed by atoms with van der Waals surface area (Å²) in [5.41, 5.74) is 1.97. The first-order valence-corrected chi connectivity index (χ1v) is 11.0. The van der Waals surface area contributed by atoms with Gasteiger partial charge in [0, 0.05) is 50.4 Å². The number of nitrogens with one attached hydrogen (secondary N) is 2. The monoisotopic (exact) mass is 418 g/mol. The molecule has 2 amide bonds. The van der Waals surface area contributed by atoms with Crippen molar-refractivity contribution >= 4 is 40.5 Å². The van der Waals surface area contributed by atoms with Gasteiger partial charge >= 0.3 is 0 Å². The van der Waals surface area contributed by atoms with Crippen molar-refractivity contribution in [2.24, 2.45) is 5.92 Å². The summed E-state index contributed by atoms with van der Waals surface area (Å²) in [5, 5.41) is 6.12. The van der Waals surface area contributed by atoms with Gasteiger partial charge in [-0.25, -0.2) is 0 Å². The van der Waals surface area contributed by atoms with Gasteiger partial charge in [-0.3, -0.25) is 9.59 Å². The van der Waals surface area contributed by atoms with Crippen molar-refractivity contribution in [1.82, 2.24) is 10.2 Å². The molecule has 0 aliphatic carbocycles. The van der Waals surface area contributed by atoms with Gasteiger partial charge in [0.25, 0.3) is 0 Å². The van der Waals surface area contributed by atoms with Crippen molar-refractivity contribution in [2.75, 3.05) is 36.4 Å². The first-order chi connectivity index (χ1) is 13.9. The Morgan fingerprint density at radius 1 is 1.07 bits per heavy atom. The highest BCUT2D eigenvalue weighted by molar-refractivity contribution is 7.80. The average molecular weight is 419 g/mol. The van der Waals surface area contributed by atoms with E-state index >= 15 is 0 Å². The van der Waals surface area contributed by atoms with E-state index in [1.165, 1.54) is 0 Å². The molecule has 160 valence electrons. The van der Waals surface area contributed by atoms with E-state index in [2.05, 4.69) is 36.3 Å². The number of piperazine rings is 1. The van der Waals surface area contributed by atoms with Crippen molar-refractivity contribution < 1.29 is 9.59 Å². The normalized spacial score (nSPS) is 14.1. The number of nitrogens with zero attached hydrogens (tertiary/aromatic N) is 2. The zero-order chi connectivity index (χ0) is 21.2. The van der Waals surface area contributed by atoms with Gasteiger partial charge < -0.3 is 20.4 Å². The fourth-order valence-corrected chi connectivity index (χ4v) is 3.57. The van der Waals surface area contributed by atoms with Gasteiger partial charge in [0.05, 0.1) is 0 Å². The van der Waals surface area contributed by atoms with E-state index in [0.717, 1.165) is 56.8 Å². The second kappa shape index (κ2) is 11.8. The Hall–Kier alpha value is -2.15. The highest BCUT2D eigenvalue weighted by atomic mass is 32.1. The Balaban J connectivity index is 1.78. The number of unbranched alkanes of at least 4 members (excludes halogenated alkanes) is 2. The van der Waals surface area contributed by atoms with E-state index in [9.17, 15) is 9.59 Å². The molecule has 0 atom stereocenters. The van der Waals surface area contributed by atoms with Crippen LogP contribution in [0.3, 0.4) is 0 Å². The highest BCUT2D eigenvalue weighted by Crippen LogP contribution is 2.20. The molecule has 0 unspecified atom stereocenters. The van der Waals surface area contributed by atoms with Crippen LogP contribution in [-0.2, 0) is 9.59 Å². The smallest absolute Gasteiger partial charge is 0.226 e. The predicted molar refractivity (Wildman–Crippen MR) is 123 cm³/mol. The molecular weight excluding hydrogens is 384 g/mol. The van der Waals surface area contributed by atoms with Crippen LogP contribution >= 0.6 is 12.2 Å². The van der Waals surface area contributed by atoms with Crippen molar-refractivity contribution in [1.29, 1.82) is 0 Å². The van der Waals surface area contributed by atoms with E-state index < -0.39 is 0 Å². The Kier molecular flexibility index (Phi) is 9.38. The summed E-state index contributed by atoms with van der Waals surface area (Å²) in [4.78, 5) is 28.3. The lowest BCUT2D eigenvalue weighted by molar-refractivity contribution is -0.132. The van der Waals surface area contributed by atoms with Crippen LogP contribution in [0.5, 0.6) is 0 Å². The van der Waals surface area contributed by atoms with Crippen LogP contribution < -0.4 is 15.5 Å². The van der Waals surface area contributed by atoms with Gasteiger partial charge in [-0.15, -0.1) is 0 Å². The topological polar surface area (TPSA) is 64.7 Å². The number of amides is 2. The quantitative estimate of drug-likeness (QED) is 0.497. The number of anilines is 2. The van der Waals surface area contributed by atoms with Crippen LogP contribution in [0.2, 0.25) is 0 Å². The molecule has 0 bridgehead atoms. The molecule has 0 spiro atoms. The first-order valence-electron chi connectivity index (χ1n) is 10.6. The molecular formula is C22H34N4O2S. The second-order valence-electron chi connectivity index (χ2n) is 7.97. The van der Waals surface area contributed by atoms with Crippen LogP contribution in [0, 0.1) is 5.92 Å². The largest absolute Gasteiger partial charge is 0.368 e. The third-order valence-corrected chi connectivity index (χ3v) is 5.17. The number of hydrogen-bond acceptors (Lipinski definition) is 4. The fraction of sp³-hybridized carbons (Fsp3) is 0.591. The molecule has 0 aromatic heterocycles. The van der Waals surface area contributed by atoms with Gasteiger partial charge in [-0.2, -0.15) is 0 Å². The summed E-state index contributed by atoms with van der Waals surface area (Å²) < 4.78 is 0. The van der Waals surface area contributed by atoms with Crippen LogP contribution in [-0.4, -0.2) is 48.0 Å². The number of carbonyl (C=O) groups excluding carboxylic acids is 2. The zero-order valence-electron chi connectivity index (χ0n) is 17.9. The summed E-state index contributed by atoms with van der Waals surface area (Å²) in [6, 6.07) is 8.00. The van der Waals surface area contributed by atoms with Crippen LogP contribution in [0.25, 0.3) is 0 Å². The molecule has 29 heavy (non-hydrogen) atoms. The van der Waals surface area contributed by atoms with Gasteiger partial charge in [0.2, 0.25) is 11.8 Å². The highest BCUT2D eigenvalue weighted by Gasteiger charge is 2.21. The molecule has 1 heterocycles. The lowest BCUT2D eigenvalue weighted by Crippen LogP contribution is -2.49. The molecule has 1 fully saturated rings. The van der Waals surface area contributed by atoms with Crippen molar-refractivity contribution in [2.45, 2.75) is 52.9 Å². The third kappa shape index (κ3) is 8.01. The molecule has 1 aromatic rings. The third-order valence-electron chi connectivity index (χ3n) is 4.97. The molecule has 2 N–H and O–H groups in total. The minimum Gasteiger partial charge on any atom is -0.368 e. The molecule has 1 saturated heterocycles. The lowest BCUT2D eigenvalue weighted by Gasteiger charge is -2.36. The average Bonchev–Trinajstić information content (AvgIpc) is 2.68. The number of rotatable bonds is 8. The number of benzene rings is 1. The van der Waals surface area contributed by atoms with Crippen molar-refractivity contribution in [3.8, 4) is 0 Å². The van der Waals surface area contributed by atoms with E-state index in [0.29, 0.717) is 23.9 Å². The maximum absolute atomic E-state index is 12.2. The summed E-state index contributed by atoms with van der Waals surface area (Å²) in [6.07, 6.45) is 4.15. The van der Waals surface area contributed by atoms with Crippen molar-refractivity contribution in [3.63, 3.8) is 0 Å². The summed E-state index contributed by atoms with van der Waals surface area (Å²) >= 11 is 5.23. The van der Waals surface area contributed by atoms with Crippen LogP contribution in [0.4, 0.5) is 11.4 Å². The summed E-state index contributed by atoms with van der Waals surface area (Å²) in [5.74, 6) is 0.606. The Morgan fingerprint density at radius 3 is 2.31 bits per heavy atom. The van der Waals surface area contributed by atoms with Gasteiger partial charge in [0.15, 0.2) is 5.11 Å². The Bertz CT molecular complexity index is 683. The minimum absolute atomic E-state index is 0.0440. The number of carbonyl (C=O) groups is 2. The maximum Gasteiger partial charge on any atom is 0.226 e. The molecule has 7 heteroatoms. The SMILES string of the molecule is CCCCCC(=O)NC(=S)Nc1ccc(N2CCN(C(=O)CC(C)C)CC2)cc1. The summed E-state index contributed by atoms with van der Waals surface area (Å²) in [7, 11) is 0. The van der Waals surface area contributed by atoms with Crippen LogP contribution in [0.15, 0.2) is 24.3 Å². The van der Waals surface area contributed by atoms with E-state index in [1.807, 2.05) is 29.2 Å². The number of hydrogen-bond donors (Lipinski definition) is 2. The maximum atomic E-state index is 12.2. The first kappa shape index (κ1) is 23.1. The Morgan fingerprint density at radius 2 is 1.72 bits per heavy atom. The summed E-state index contributed by atoms with van der Waals surface area (Å²) in [6.45, 7) is 9.46. The second-order valence-corrected chi connectivity index (χ2v) is 8.38. The molecule has 1 aromatic carbocycles. The molecule has 0 saturated carbocycles.